The summed E-state index contributed by atoms with van der Waals surface area (Å²) in [4.78, 5) is 45.1. The lowest BCUT2D eigenvalue weighted by Crippen LogP contribution is -2.43. The van der Waals surface area contributed by atoms with Crippen LogP contribution in [-0.2, 0) is 25.5 Å². The van der Waals surface area contributed by atoms with Gasteiger partial charge in [-0.1, -0.05) is 19.1 Å². The van der Waals surface area contributed by atoms with Crippen molar-refractivity contribution in [3.05, 3.63) is 39.9 Å². The fourth-order valence-electron chi connectivity index (χ4n) is 2.17. The van der Waals surface area contributed by atoms with Crippen LogP contribution in [0.4, 0.5) is 5.69 Å². The lowest BCUT2D eigenvalue weighted by Gasteiger charge is -2.18. The van der Waals surface area contributed by atoms with Crippen LogP contribution >= 0.6 is 0 Å². The molecule has 0 radical (unpaired) electrons. The molecule has 0 unspecified atom stereocenters. The summed E-state index contributed by atoms with van der Waals surface area (Å²) in [6.45, 7) is 3.33. The Morgan fingerprint density at radius 1 is 1.36 bits per heavy atom. The first-order valence-electron chi connectivity index (χ1n) is 7.66. The molecule has 9 heteroatoms. The van der Waals surface area contributed by atoms with E-state index in [0.29, 0.717) is 5.56 Å². The number of nitro benzene ring substituents is 1. The van der Waals surface area contributed by atoms with Gasteiger partial charge in [0.1, 0.15) is 6.04 Å². The van der Waals surface area contributed by atoms with Crippen LogP contribution in [0.15, 0.2) is 24.3 Å². The van der Waals surface area contributed by atoms with Crippen molar-refractivity contribution in [3.8, 4) is 0 Å². The van der Waals surface area contributed by atoms with E-state index in [0.717, 1.165) is 0 Å². The van der Waals surface area contributed by atoms with E-state index in [4.69, 9.17) is 4.74 Å². The largest absolute Gasteiger partial charge is 0.480 e. The van der Waals surface area contributed by atoms with E-state index in [9.17, 15) is 29.6 Å². The second-order valence-corrected chi connectivity index (χ2v) is 5.45. The fraction of sp³-hybridized carbons (Fsp3) is 0.438. The summed E-state index contributed by atoms with van der Waals surface area (Å²) >= 11 is 0. The summed E-state index contributed by atoms with van der Waals surface area (Å²) in [6.07, 6.45) is -0.325. The first kappa shape index (κ1) is 20.1. The van der Waals surface area contributed by atoms with Gasteiger partial charge in [0.05, 0.1) is 23.9 Å². The molecule has 0 aliphatic rings. The normalized spacial score (nSPS) is 12.7. The number of carbonyl (C=O) groups excluding carboxylic acids is 2. The van der Waals surface area contributed by atoms with Crippen LogP contribution in [0.3, 0.4) is 0 Å². The van der Waals surface area contributed by atoms with Gasteiger partial charge in [-0.05, 0) is 18.9 Å². The molecule has 1 amide bonds. The number of aliphatic carboxylic acids is 1. The van der Waals surface area contributed by atoms with Crippen molar-refractivity contribution in [2.24, 2.45) is 5.92 Å². The summed E-state index contributed by atoms with van der Waals surface area (Å²) in [5.41, 5.74) is 0.227. The van der Waals surface area contributed by atoms with Crippen LogP contribution in [-0.4, -0.2) is 40.5 Å². The van der Waals surface area contributed by atoms with Gasteiger partial charge in [0.25, 0.3) is 5.69 Å². The van der Waals surface area contributed by atoms with Crippen molar-refractivity contribution < 1.29 is 29.2 Å². The zero-order valence-corrected chi connectivity index (χ0v) is 13.9. The number of carboxylic acids is 1. The molecule has 136 valence electrons. The zero-order valence-electron chi connectivity index (χ0n) is 13.9. The molecule has 0 saturated carbocycles. The highest BCUT2D eigenvalue weighted by Gasteiger charge is 2.26. The lowest BCUT2D eigenvalue weighted by atomic mass is 10.0. The number of nitro groups is 1. The van der Waals surface area contributed by atoms with Gasteiger partial charge < -0.3 is 15.2 Å². The molecular weight excluding hydrogens is 332 g/mol. The van der Waals surface area contributed by atoms with Crippen molar-refractivity contribution in [2.45, 2.75) is 32.7 Å². The van der Waals surface area contributed by atoms with E-state index in [1.165, 1.54) is 31.2 Å². The average molecular weight is 352 g/mol. The van der Waals surface area contributed by atoms with Crippen LogP contribution in [0.25, 0.3) is 0 Å². The molecule has 1 rings (SSSR count). The highest BCUT2D eigenvalue weighted by molar-refractivity contribution is 5.85. The minimum atomic E-state index is -1.27. The van der Waals surface area contributed by atoms with Crippen LogP contribution in [0.2, 0.25) is 0 Å². The van der Waals surface area contributed by atoms with Crippen LogP contribution in [0.5, 0.6) is 0 Å². The Hall–Kier alpha value is -2.97. The molecule has 9 nitrogen and oxygen atoms in total. The van der Waals surface area contributed by atoms with Crippen molar-refractivity contribution in [1.82, 2.24) is 5.32 Å². The van der Waals surface area contributed by atoms with Gasteiger partial charge in [-0.15, -0.1) is 0 Å². The predicted molar refractivity (Wildman–Crippen MR) is 86.8 cm³/mol. The Kier molecular flexibility index (Phi) is 7.51. The van der Waals surface area contributed by atoms with Gasteiger partial charge in [-0.3, -0.25) is 19.7 Å². The van der Waals surface area contributed by atoms with Crippen molar-refractivity contribution in [2.75, 3.05) is 6.61 Å². The standard InChI is InChI=1S/C16H20N2O7/c1-3-25-16(22)10(2)7-13(15(20)21)17-14(19)9-11-5-4-6-12(8-11)18(23)24/h4-6,8,10,13H,3,7,9H2,1-2H3,(H,17,19)(H,20,21)/t10-,13-/m0/s1. The maximum absolute atomic E-state index is 12.0. The van der Waals surface area contributed by atoms with Gasteiger partial charge in [-0.2, -0.15) is 0 Å². The molecule has 0 aliphatic carbocycles. The third-order valence-electron chi connectivity index (χ3n) is 3.40. The Balaban J connectivity index is 2.70. The second-order valence-electron chi connectivity index (χ2n) is 5.45. The van der Waals surface area contributed by atoms with E-state index in [2.05, 4.69) is 5.32 Å². The number of rotatable bonds is 9. The topological polar surface area (TPSA) is 136 Å². The summed E-state index contributed by atoms with van der Waals surface area (Å²) in [5.74, 6) is -3.12. The van der Waals surface area contributed by atoms with Gasteiger partial charge in [0, 0.05) is 12.1 Å². The quantitative estimate of drug-likeness (QED) is 0.388. The molecule has 2 atom stereocenters. The SMILES string of the molecule is CCOC(=O)[C@@H](C)C[C@H](NC(=O)Cc1cccc([N+](=O)[O-])c1)C(=O)O. The van der Waals surface area contributed by atoms with Gasteiger partial charge >= 0.3 is 11.9 Å². The molecule has 0 heterocycles. The van der Waals surface area contributed by atoms with E-state index in [-0.39, 0.29) is 25.1 Å². The number of benzene rings is 1. The summed E-state index contributed by atoms with van der Waals surface area (Å²) < 4.78 is 4.81. The molecular formula is C16H20N2O7. The number of carbonyl (C=O) groups is 3. The molecule has 1 aromatic carbocycles. The van der Waals surface area contributed by atoms with Crippen LogP contribution in [0, 0.1) is 16.0 Å². The molecule has 0 saturated heterocycles. The third kappa shape index (κ3) is 6.58. The molecule has 0 spiro atoms. The minimum absolute atomic E-state index is 0.116. The van der Waals surface area contributed by atoms with Crippen LogP contribution in [0.1, 0.15) is 25.8 Å². The summed E-state index contributed by atoms with van der Waals surface area (Å²) in [5, 5.41) is 22.3. The molecule has 0 fully saturated rings. The van der Waals surface area contributed by atoms with Crippen molar-refractivity contribution in [3.63, 3.8) is 0 Å². The van der Waals surface area contributed by atoms with E-state index in [1.807, 2.05) is 0 Å². The number of amides is 1. The third-order valence-corrected chi connectivity index (χ3v) is 3.40. The fourth-order valence-corrected chi connectivity index (χ4v) is 2.17. The number of non-ortho nitro benzene ring substituents is 1. The van der Waals surface area contributed by atoms with Crippen LogP contribution < -0.4 is 5.32 Å². The van der Waals surface area contributed by atoms with Gasteiger partial charge in [0.15, 0.2) is 0 Å². The average Bonchev–Trinajstić information content (AvgIpc) is 2.54. The van der Waals surface area contributed by atoms with E-state index >= 15 is 0 Å². The Morgan fingerprint density at radius 3 is 2.60 bits per heavy atom. The number of carboxylic acid groups (broad SMARTS) is 1. The number of esters is 1. The highest BCUT2D eigenvalue weighted by atomic mass is 16.6. The summed E-state index contributed by atoms with van der Waals surface area (Å²) in [6, 6.07) is 4.26. The Labute approximate surface area is 144 Å². The molecule has 0 aromatic heterocycles. The number of nitrogens with zero attached hydrogens (tertiary/aromatic N) is 1. The smallest absolute Gasteiger partial charge is 0.326 e. The number of hydrogen-bond donors (Lipinski definition) is 2. The molecule has 0 aliphatic heterocycles. The van der Waals surface area contributed by atoms with Crippen molar-refractivity contribution in [1.29, 1.82) is 0 Å². The monoisotopic (exact) mass is 352 g/mol. The first-order chi connectivity index (χ1) is 11.7. The molecule has 2 N–H and O–H groups in total. The zero-order chi connectivity index (χ0) is 19.0. The first-order valence-corrected chi connectivity index (χ1v) is 7.66. The predicted octanol–water partition coefficient (Wildman–Crippen LogP) is 1.30. The Bertz CT molecular complexity index is 660. The molecule has 25 heavy (non-hydrogen) atoms. The molecule has 0 bridgehead atoms. The number of hydrogen-bond acceptors (Lipinski definition) is 6. The maximum Gasteiger partial charge on any atom is 0.326 e. The molecule has 1 aromatic rings. The van der Waals surface area contributed by atoms with Crippen molar-refractivity contribution >= 4 is 23.5 Å². The highest BCUT2D eigenvalue weighted by Crippen LogP contribution is 2.14. The van der Waals surface area contributed by atoms with Gasteiger partial charge in [0.2, 0.25) is 5.91 Å². The number of ether oxygens (including phenoxy) is 1. The summed E-state index contributed by atoms with van der Waals surface area (Å²) in [7, 11) is 0. The van der Waals surface area contributed by atoms with E-state index in [1.54, 1.807) is 6.92 Å². The minimum Gasteiger partial charge on any atom is -0.480 e. The van der Waals surface area contributed by atoms with Gasteiger partial charge in [-0.25, -0.2) is 4.79 Å². The van der Waals surface area contributed by atoms with E-state index < -0.39 is 34.7 Å². The number of nitrogens with one attached hydrogen (secondary N) is 1. The Morgan fingerprint density at radius 2 is 2.04 bits per heavy atom. The maximum atomic E-state index is 12.0. The second kappa shape index (κ2) is 9.36. The lowest BCUT2D eigenvalue weighted by molar-refractivity contribution is -0.384.